The van der Waals surface area contributed by atoms with Gasteiger partial charge in [0.1, 0.15) is 11.5 Å². The van der Waals surface area contributed by atoms with Crippen molar-refractivity contribution in [3.05, 3.63) is 101 Å². The highest BCUT2D eigenvalue weighted by Crippen LogP contribution is 2.40. The minimum atomic E-state index is -0.697. The molecular formula is C26H24N2O4. The van der Waals surface area contributed by atoms with Crippen molar-refractivity contribution in [2.75, 3.05) is 6.61 Å². The van der Waals surface area contributed by atoms with Crippen molar-refractivity contribution in [1.82, 2.24) is 9.88 Å². The van der Waals surface area contributed by atoms with E-state index >= 15 is 0 Å². The van der Waals surface area contributed by atoms with Crippen LogP contribution in [0.15, 0.2) is 84.7 Å². The molecule has 0 bridgehead atoms. The van der Waals surface area contributed by atoms with E-state index in [1.807, 2.05) is 37.3 Å². The van der Waals surface area contributed by atoms with E-state index in [0.29, 0.717) is 17.9 Å². The fourth-order valence-electron chi connectivity index (χ4n) is 3.79. The Kier molecular flexibility index (Phi) is 6.31. The lowest BCUT2D eigenvalue weighted by Gasteiger charge is -2.25. The molecule has 1 amide bonds. The van der Waals surface area contributed by atoms with Crippen LogP contribution in [0.3, 0.4) is 0 Å². The Morgan fingerprint density at radius 2 is 1.69 bits per heavy atom. The summed E-state index contributed by atoms with van der Waals surface area (Å²) in [6, 6.07) is 19.1. The lowest BCUT2D eigenvalue weighted by Crippen LogP contribution is -2.29. The molecule has 0 spiro atoms. The molecule has 1 saturated heterocycles. The number of aliphatic hydroxyl groups is 1. The molecule has 0 saturated carbocycles. The molecule has 0 aliphatic carbocycles. The predicted octanol–water partition coefficient (Wildman–Crippen LogP) is 4.49. The molecule has 3 aromatic rings. The van der Waals surface area contributed by atoms with Gasteiger partial charge < -0.3 is 14.7 Å². The van der Waals surface area contributed by atoms with Crippen LogP contribution in [0.1, 0.15) is 36.1 Å². The minimum absolute atomic E-state index is 0.0810. The van der Waals surface area contributed by atoms with Crippen molar-refractivity contribution in [2.24, 2.45) is 0 Å². The first-order valence-electron chi connectivity index (χ1n) is 10.6. The van der Waals surface area contributed by atoms with Crippen LogP contribution in [0.2, 0.25) is 0 Å². The van der Waals surface area contributed by atoms with Crippen LogP contribution in [0.4, 0.5) is 0 Å². The van der Waals surface area contributed by atoms with E-state index in [0.717, 1.165) is 17.5 Å². The molecule has 6 heteroatoms. The van der Waals surface area contributed by atoms with Crippen LogP contribution in [0.5, 0.6) is 5.75 Å². The van der Waals surface area contributed by atoms with E-state index in [2.05, 4.69) is 4.98 Å². The van der Waals surface area contributed by atoms with E-state index in [9.17, 15) is 14.7 Å². The molecular weight excluding hydrogens is 404 g/mol. The van der Waals surface area contributed by atoms with Gasteiger partial charge in [0.15, 0.2) is 0 Å². The lowest BCUT2D eigenvalue weighted by molar-refractivity contribution is -0.140. The van der Waals surface area contributed by atoms with E-state index < -0.39 is 17.7 Å². The molecule has 1 N–H and O–H groups in total. The van der Waals surface area contributed by atoms with Crippen molar-refractivity contribution in [3.8, 4) is 5.75 Å². The lowest BCUT2D eigenvalue weighted by atomic mass is 9.95. The number of nitrogens with zero attached hydrogens (tertiary/aromatic N) is 2. The Bertz CT molecular complexity index is 1130. The molecule has 1 fully saturated rings. The molecule has 0 radical (unpaired) electrons. The standard InChI is InChI=1S/C26H24N2O4/c1-2-16-32-21-10-8-20(9-11-21)24(29)22-23(19-6-4-3-5-7-19)28(26(31)25(22)30)17-18-12-14-27-15-13-18/h3-15,23,29H,2,16-17H2,1H3/b24-22+. The number of pyridine rings is 1. The maximum Gasteiger partial charge on any atom is 0.295 e. The van der Waals surface area contributed by atoms with Gasteiger partial charge in [-0.05, 0) is 53.9 Å². The molecule has 1 aliphatic heterocycles. The first-order valence-corrected chi connectivity index (χ1v) is 10.6. The van der Waals surface area contributed by atoms with Crippen LogP contribution in [-0.4, -0.2) is 33.3 Å². The number of ether oxygens (including phenoxy) is 1. The number of hydrogen-bond donors (Lipinski definition) is 1. The number of aliphatic hydroxyl groups excluding tert-OH is 1. The zero-order valence-corrected chi connectivity index (χ0v) is 17.8. The maximum absolute atomic E-state index is 13.1. The van der Waals surface area contributed by atoms with Crippen molar-refractivity contribution in [3.63, 3.8) is 0 Å². The number of amides is 1. The normalized spacial score (nSPS) is 17.5. The second-order valence-corrected chi connectivity index (χ2v) is 7.57. The number of likely N-dealkylation sites (tertiary alicyclic amines) is 1. The minimum Gasteiger partial charge on any atom is -0.507 e. The zero-order valence-electron chi connectivity index (χ0n) is 17.8. The predicted molar refractivity (Wildman–Crippen MR) is 121 cm³/mol. The number of rotatable bonds is 7. The van der Waals surface area contributed by atoms with E-state index in [-0.39, 0.29) is 17.9 Å². The average Bonchev–Trinajstić information content (AvgIpc) is 3.09. The summed E-state index contributed by atoms with van der Waals surface area (Å²) in [5.74, 6) is -0.852. The highest BCUT2D eigenvalue weighted by molar-refractivity contribution is 6.46. The summed E-state index contributed by atoms with van der Waals surface area (Å²) in [5, 5.41) is 11.1. The Morgan fingerprint density at radius 1 is 1.00 bits per heavy atom. The summed E-state index contributed by atoms with van der Waals surface area (Å²) < 4.78 is 5.60. The molecule has 1 aromatic heterocycles. The number of Topliss-reactive ketones (excluding diaryl/α,β-unsaturated/α-hetero) is 1. The van der Waals surface area contributed by atoms with E-state index in [1.165, 1.54) is 4.90 Å². The highest BCUT2D eigenvalue weighted by Gasteiger charge is 2.45. The average molecular weight is 428 g/mol. The van der Waals surface area contributed by atoms with E-state index in [1.54, 1.807) is 48.8 Å². The third kappa shape index (κ3) is 4.25. The Balaban J connectivity index is 1.76. The molecule has 1 atom stereocenters. The van der Waals surface area contributed by atoms with Gasteiger partial charge in [0.2, 0.25) is 0 Å². The fraction of sp³-hybridized carbons (Fsp3) is 0.192. The largest absolute Gasteiger partial charge is 0.507 e. The fourth-order valence-corrected chi connectivity index (χ4v) is 3.79. The SMILES string of the molecule is CCCOc1ccc(/C(O)=C2\C(=O)C(=O)N(Cc3ccncc3)C2c2ccccc2)cc1. The second kappa shape index (κ2) is 9.47. The first-order chi connectivity index (χ1) is 15.6. The number of aromatic nitrogens is 1. The number of benzene rings is 2. The highest BCUT2D eigenvalue weighted by atomic mass is 16.5. The van der Waals surface area contributed by atoms with Gasteiger partial charge in [-0.3, -0.25) is 14.6 Å². The topological polar surface area (TPSA) is 79.7 Å². The van der Waals surface area contributed by atoms with Crippen LogP contribution in [0, 0.1) is 0 Å². The number of carbonyl (C=O) groups is 2. The third-order valence-corrected chi connectivity index (χ3v) is 5.36. The summed E-state index contributed by atoms with van der Waals surface area (Å²) in [6.45, 7) is 2.85. The monoisotopic (exact) mass is 428 g/mol. The number of carbonyl (C=O) groups excluding carboxylic acids is 2. The van der Waals surface area contributed by atoms with Crippen molar-refractivity contribution in [1.29, 1.82) is 0 Å². The van der Waals surface area contributed by atoms with Crippen LogP contribution >= 0.6 is 0 Å². The van der Waals surface area contributed by atoms with Gasteiger partial charge in [-0.1, -0.05) is 37.3 Å². The summed E-state index contributed by atoms with van der Waals surface area (Å²) in [7, 11) is 0. The summed E-state index contributed by atoms with van der Waals surface area (Å²) in [6.07, 6.45) is 4.18. The van der Waals surface area contributed by atoms with Crippen LogP contribution in [0.25, 0.3) is 5.76 Å². The zero-order chi connectivity index (χ0) is 22.5. The van der Waals surface area contributed by atoms with Gasteiger partial charge in [-0.25, -0.2) is 0 Å². The summed E-state index contributed by atoms with van der Waals surface area (Å²) >= 11 is 0. The summed E-state index contributed by atoms with van der Waals surface area (Å²) in [5.41, 5.74) is 2.14. The number of ketones is 1. The van der Waals surface area contributed by atoms with E-state index in [4.69, 9.17) is 4.74 Å². The smallest absolute Gasteiger partial charge is 0.295 e. The molecule has 162 valence electrons. The van der Waals surface area contributed by atoms with Gasteiger partial charge in [-0.2, -0.15) is 0 Å². The Hall–Kier alpha value is -3.93. The summed E-state index contributed by atoms with van der Waals surface area (Å²) in [4.78, 5) is 31.6. The maximum atomic E-state index is 13.1. The van der Waals surface area contributed by atoms with Gasteiger partial charge in [0, 0.05) is 24.5 Å². The molecule has 1 aliphatic rings. The van der Waals surface area contributed by atoms with Crippen LogP contribution in [-0.2, 0) is 16.1 Å². The Labute approximate surface area is 186 Å². The molecule has 6 nitrogen and oxygen atoms in total. The third-order valence-electron chi connectivity index (χ3n) is 5.36. The van der Waals surface area contributed by atoms with Crippen LogP contribution < -0.4 is 4.74 Å². The van der Waals surface area contributed by atoms with Crippen molar-refractivity contribution in [2.45, 2.75) is 25.9 Å². The molecule has 2 aromatic carbocycles. The molecule has 2 heterocycles. The van der Waals surface area contributed by atoms with Crippen molar-refractivity contribution >= 4 is 17.4 Å². The second-order valence-electron chi connectivity index (χ2n) is 7.57. The molecule has 32 heavy (non-hydrogen) atoms. The van der Waals surface area contributed by atoms with Gasteiger partial charge in [0.25, 0.3) is 11.7 Å². The molecule has 4 rings (SSSR count). The number of hydrogen-bond acceptors (Lipinski definition) is 5. The quantitative estimate of drug-likeness (QED) is 0.341. The first kappa shape index (κ1) is 21.3. The Morgan fingerprint density at radius 3 is 2.34 bits per heavy atom. The molecule has 1 unspecified atom stereocenters. The van der Waals surface area contributed by atoms with Crippen molar-refractivity contribution < 1.29 is 19.4 Å². The van der Waals surface area contributed by atoms with Gasteiger partial charge >= 0.3 is 0 Å². The van der Waals surface area contributed by atoms with Gasteiger partial charge in [0.05, 0.1) is 18.2 Å². The van der Waals surface area contributed by atoms with Gasteiger partial charge in [-0.15, -0.1) is 0 Å².